The van der Waals surface area contributed by atoms with Gasteiger partial charge in [0.1, 0.15) is 5.65 Å². The Morgan fingerprint density at radius 1 is 1.30 bits per heavy atom. The molecule has 2 aromatic rings. The largest absolute Gasteiger partial charge is 0.317 e. The molecule has 6 heteroatoms. The zero-order valence-corrected chi connectivity index (χ0v) is 15.9. The monoisotopic (exact) mass is 398 g/mol. The number of fused-ring (bicyclic) bond motifs is 1. The van der Waals surface area contributed by atoms with Gasteiger partial charge in [0.15, 0.2) is 0 Å². The molecule has 4 heterocycles. The van der Waals surface area contributed by atoms with E-state index in [1.54, 1.807) is 0 Å². The van der Waals surface area contributed by atoms with Crippen LogP contribution in [0.3, 0.4) is 0 Å². The molecule has 126 valence electrons. The lowest BCUT2D eigenvalue weighted by Crippen LogP contribution is -2.38. The van der Waals surface area contributed by atoms with E-state index >= 15 is 0 Å². The number of rotatable bonds is 2. The maximum Gasteiger partial charge on any atom is 0.139 e. The molecule has 2 fully saturated rings. The Kier molecular flexibility index (Phi) is 5.02. The van der Waals surface area contributed by atoms with Crippen molar-refractivity contribution in [2.75, 3.05) is 26.2 Å². The predicted octanol–water partition coefficient (Wildman–Crippen LogP) is 3.40. The molecule has 2 aromatic heterocycles. The average Bonchev–Trinajstić information content (AvgIpc) is 3.06. The summed E-state index contributed by atoms with van der Waals surface area (Å²) in [5.41, 5.74) is 4.17. The molecule has 4 rings (SSSR count). The van der Waals surface area contributed by atoms with E-state index in [1.807, 2.05) is 6.20 Å². The van der Waals surface area contributed by atoms with E-state index in [2.05, 4.69) is 54.7 Å². The average molecular weight is 400 g/mol. The molecular weight excluding hydrogens is 376 g/mol. The number of aryl methyl sites for hydroxylation is 1. The standard InChI is InChI=1S/C17H23BrN4.ClH/c1-13-8-14(18)10-22-15(9-20-16(13)22)11-21-7-4-17(12-21)2-5-19-6-3-17;/h8-10,19H,2-7,11-12H2,1H3;1H. The number of piperidine rings is 1. The van der Waals surface area contributed by atoms with Crippen molar-refractivity contribution in [3.05, 3.63) is 34.2 Å². The lowest BCUT2D eigenvalue weighted by atomic mass is 9.78. The molecule has 0 aliphatic carbocycles. The van der Waals surface area contributed by atoms with Crippen LogP contribution in [0.15, 0.2) is 22.9 Å². The van der Waals surface area contributed by atoms with E-state index in [4.69, 9.17) is 0 Å². The second kappa shape index (κ2) is 6.71. The van der Waals surface area contributed by atoms with Gasteiger partial charge in [-0.2, -0.15) is 0 Å². The Hall–Kier alpha value is -0.620. The highest BCUT2D eigenvalue weighted by molar-refractivity contribution is 9.10. The first kappa shape index (κ1) is 17.2. The van der Waals surface area contributed by atoms with Crippen molar-refractivity contribution in [1.29, 1.82) is 0 Å². The number of nitrogens with zero attached hydrogens (tertiary/aromatic N) is 3. The van der Waals surface area contributed by atoms with Crippen LogP contribution in [-0.4, -0.2) is 40.5 Å². The van der Waals surface area contributed by atoms with Crippen molar-refractivity contribution >= 4 is 34.0 Å². The summed E-state index contributed by atoms with van der Waals surface area (Å²) in [5, 5.41) is 3.50. The summed E-state index contributed by atoms with van der Waals surface area (Å²) in [4.78, 5) is 7.23. The molecule has 0 bridgehead atoms. The minimum absolute atomic E-state index is 0. The molecular formula is C17H24BrClN4. The van der Waals surface area contributed by atoms with Crippen molar-refractivity contribution in [2.24, 2.45) is 5.41 Å². The summed E-state index contributed by atoms with van der Waals surface area (Å²) in [6.07, 6.45) is 8.21. The third kappa shape index (κ3) is 3.29. The second-order valence-electron chi connectivity index (χ2n) is 7.00. The Balaban J connectivity index is 0.00000156. The van der Waals surface area contributed by atoms with Gasteiger partial charge in [-0.15, -0.1) is 12.4 Å². The number of pyridine rings is 1. The van der Waals surface area contributed by atoms with Crippen molar-refractivity contribution in [3.8, 4) is 0 Å². The fraction of sp³-hybridized carbons (Fsp3) is 0.588. The summed E-state index contributed by atoms with van der Waals surface area (Å²) in [7, 11) is 0. The minimum atomic E-state index is 0. The number of imidazole rings is 1. The molecule has 0 radical (unpaired) electrons. The maximum absolute atomic E-state index is 4.61. The van der Waals surface area contributed by atoms with Gasteiger partial charge in [-0.3, -0.25) is 4.90 Å². The summed E-state index contributed by atoms with van der Waals surface area (Å²) < 4.78 is 3.36. The Morgan fingerprint density at radius 2 is 2.09 bits per heavy atom. The van der Waals surface area contributed by atoms with Gasteiger partial charge in [-0.05, 0) is 78.8 Å². The third-order valence-electron chi connectivity index (χ3n) is 5.40. The zero-order chi connectivity index (χ0) is 15.2. The van der Waals surface area contributed by atoms with E-state index < -0.39 is 0 Å². The van der Waals surface area contributed by atoms with Crippen molar-refractivity contribution < 1.29 is 0 Å². The maximum atomic E-state index is 4.61. The fourth-order valence-electron chi connectivity index (χ4n) is 4.14. The van der Waals surface area contributed by atoms with E-state index in [0.717, 1.165) is 16.7 Å². The highest BCUT2D eigenvalue weighted by Crippen LogP contribution is 2.39. The van der Waals surface area contributed by atoms with Gasteiger partial charge in [0.2, 0.25) is 0 Å². The SMILES string of the molecule is Cc1cc(Br)cn2c(CN3CCC4(CCNCC4)C3)cnc12.Cl. The summed E-state index contributed by atoms with van der Waals surface area (Å²) in [6, 6.07) is 2.13. The van der Waals surface area contributed by atoms with Crippen molar-refractivity contribution in [2.45, 2.75) is 32.7 Å². The molecule has 0 amide bonds. The number of hydrogen-bond acceptors (Lipinski definition) is 3. The van der Waals surface area contributed by atoms with Crippen LogP contribution in [0.5, 0.6) is 0 Å². The van der Waals surface area contributed by atoms with Gasteiger partial charge in [0, 0.05) is 23.8 Å². The minimum Gasteiger partial charge on any atom is -0.317 e. The number of likely N-dealkylation sites (tertiary alicyclic amines) is 1. The molecule has 0 aromatic carbocycles. The van der Waals surface area contributed by atoms with E-state index in [9.17, 15) is 0 Å². The van der Waals surface area contributed by atoms with Crippen LogP contribution in [0.1, 0.15) is 30.5 Å². The summed E-state index contributed by atoms with van der Waals surface area (Å²) in [5.74, 6) is 0. The molecule has 1 spiro atoms. The lowest BCUT2D eigenvalue weighted by molar-refractivity contribution is 0.193. The van der Waals surface area contributed by atoms with Crippen LogP contribution in [0.2, 0.25) is 0 Å². The normalized spacial score (nSPS) is 21.0. The van der Waals surface area contributed by atoms with Crippen LogP contribution < -0.4 is 5.32 Å². The van der Waals surface area contributed by atoms with Crippen molar-refractivity contribution in [1.82, 2.24) is 19.6 Å². The van der Waals surface area contributed by atoms with Crippen LogP contribution in [-0.2, 0) is 6.54 Å². The smallest absolute Gasteiger partial charge is 0.139 e. The van der Waals surface area contributed by atoms with Crippen LogP contribution in [0, 0.1) is 12.3 Å². The van der Waals surface area contributed by atoms with E-state index in [-0.39, 0.29) is 12.4 Å². The Bertz CT molecular complexity index is 693. The summed E-state index contributed by atoms with van der Waals surface area (Å²) in [6.45, 7) is 7.98. The quantitative estimate of drug-likeness (QED) is 0.840. The third-order valence-corrected chi connectivity index (χ3v) is 5.83. The number of aromatic nitrogens is 2. The highest BCUT2D eigenvalue weighted by Gasteiger charge is 2.38. The lowest BCUT2D eigenvalue weighted by Gasteiger charge is -2.33. The molecule has 2 aliphatic heterocycles. The molecule has 1 N–H and O–H groups in total. The Morgan fingerprint density at radius 3 is 2.87 bits per heavy atom. The molecule has 0 saturated carbocycles. The van der Waals surface area contributed by atoms with Crippen LogP contribution >= 0.6 is 28.3 Å². The second-order valence-corrected chi connectivity index (χ2v) is 7.91. The van der Waals surface area contributed by atoms with E-state index in [0.29, 0.717) is 5.41 Å². The van der Waals surface area contributed by atoms with Gasteiger partial charge in [-0.25, -0.2) is 4.98 Å². The fourth-order valence-corrected chi connectivity index (χ4v) is 4.69. The first-order valence-electron chi connectivity index (χ1n) is 8.20. The molecule has 0 unspecified atom stereocenters. The van der Waals surface area contributed by atoms with E-state index in [1.165, 1.54) is 56.7 Å². The first-order chi connectivity index (χ1) is 10.7. The number of hydrogen-bond donors (Lipinski definition) is 1. The molecule has 4 nitrogen and oxygen atoms in total. The zero-order valence-electron chi connectivity index (χ0n) is 13.5. The molecule has 23 heavy (non-hydrogen) atoms. The van der Waals surface area contributed by atoms with Gasteiger partial charge >= 0.3 is 0 Å². The van der Waals surface area contributed by atoms with Gasteiger partial charge in [-0.1, -0.05) is 0 Å². The summed E-state index contributed by atoms with van der Waals surface area (Å²) >= 11 is 3.60. The predicted molar refractivity (Wildman–Crippen MR) is 99.3 cm³/mol. The Labute approximate surface area is 152 Å². The van der Waals surface area contributed by atoms with Crippen LogP contribution in [0.4, 0.5) is 0 Å². The number of halogens is 2. The van der Waals surface area contributed by atoms with Gasteiger partial charge in [0.25, 0.3) is 0 Å². The van der Waals surface area contributed by atoms with Gasteiger partial charge in [0.05, 0.1) is 11.9 Å². The van der Waals surface area contributed by atoms with Gasteiger partial charge < -0.3 is 9.72 Å². The topological polar surface area (TPSA) is 32.6 Å². The molecule has 0 atom stereocenters. The molecule has 2 saturated heterocycles. The van der Waals surface area contributed by atoms with Crippen LogP contribution in [0.25, 0.3) is 5.65 Å². The number of nitrogens with one attached hydrogen (secondary N) is 1. The first-order valence-corrected chi connectivity index (χ1v) is 9.00. The molecule has 2 aliphatic rings. The highest BCUT2D eigenvalue weighted by atomic mass is 79.9. The van der Waals surface area contributed by atoms with Crippen molar-refractivity contribution in [3.63, 3.8) is 0 Å².